The summed E-state index contributed by atoms with van der Waals surface area (Å²) in [7, 11) is 0. The Kier molecular flexibility index (Phi) is 4.29. The fraction of sp³-hybridized carbons (Fsp3) is 0.200. The zero-order valence-electron chi connectivity index (χ0n) is 7.13. The molecule has 0 saturated heterocycles. The Hall–Kier alpha value is -0.500. The van der Waals surface area contributed by atoms with Crippen LogP contribution in [0, 0.1) is 0 Å². The Bertz CT molecular complexity index is 308. The molecular weight excluding hydrogens is 205 g/mol. The third kappa shape index (κ3) is 3.03. The second-order valence-electron chi connectivity index (χ2n) is 2.62. The van der Waals surface area contributed by atoms with Crippen molar-refractivity contribution in [3.05, 3.63) is 40.4 Å². The molecule has 0 spiro atoms. The molecule has 3 heteroatoms. The molecule has 70 valence electrons. The first-order valence-corrected chi connectivity index (χ1v) is 4.90. The van der Waals surface area contributed by atoms with Gasteiger partial charge in [0.1, 0.15) is 0 Å². The van der Waals surface area contributed by atoms with Gasteiger partial charge in [0, 0.05) is 17.4 Å². The maximum atomic E-state index is 5.90. The number of rotatable bonds is 3. The smallest absolute Gasteiger partial charge is 0.0489 e. The van der Waals surface area contributed by atoms with Gasteiger partial charge in [0.2, 0.25) is 0 Å². The molecular formula is C10H11Cl2N. The van der Waals surface area contributed by atoms with Gasteiger partial charge in [0.15, 0.2) is 0 Å². The molecule has 0 atom stereocenters. The number of hydrogen-bond acceptors (Lipinski definition) is 1. The summed E-state index contributed by atoms with van der Waals surface area (Å²) in [6.45, 7) is 0.541. The highest BCUT2D eigenvalue weighted by Gasteiger charge is 1.98. The second-order valence-corrected chi connectivity index (χ2v) is 3.30. The Morgan fingerprint density at radius 3 is 2.77 bits per heavy atom. The van der Waals surface area contributed by atoms with Crippen molar-refractivity contribution < 1.29 is 0 Å². The topological polar surface area (TPSA) is 26.0 Å². The van der Waals surface area contributed by atoms with Gasteiger partial charge in [-0.15, -0.1) is 11.6 Å². The fourth-order valence-electron chi connectivity index (χ4n) is 1.00. The molecule has 1 rings (SSSR count). The highest BCUT2D eigenvalue weighted by atomic mass is 35.5. The minimum Gasteiger partial charge on any atom is -0.327 e. The molecule has 0 saturated carbocycles. The number of nitrogens with two attached hydrogens (primary N) is 1. The van der Waals surface area contributed by atoms with Crippen LogP contribution in [-0.2, 0) is 5.88 Å². The predicted molar refractivity (Wildman–Crippen MR) is 59.1 cm³/mol. The van der Waals surface area contributed by atoms with Gasteiger partial charge >= 0.3 is 0 Å². The van der Waals surface area contributed by atoms with Gasteiger partial charge in [0.05, 0.1) is 0 Å². The number of halogens is 2. The van der Waals surface area contributed by atoms with Gasteiger partial charge < -0.3 is 5.73 Å². The molecule has 1 nitrogen and oxygen atoms in total. The van der Waals surface area contributed by atoms with Crippen LogP contribution in [0.1, 0.15) is 11.1 Å². The lowest BCUT2D eigenvalue weighted by atomic mass is 10.1. The molecule has 1 aromatic carbocycles. The van der Waals surface area contributed by atoms with E-state index in [1.165, 1.54) is 0 Å². The monoisotopic (exact) mass is 215 g/mol. The minimum atomic E-state index is 0.434. The molecule has 0 aliphatic rings. The quantitative estimate of drug-likeness (QED) is 0.772. The third-order valence-corrected chi connectivity index (χ3v) is 2.32. The fourth-order valence-corrected chi connectivity index (χ4v) is 1.48. The van der Waals surface area contributed by atoms with Crippen molar-refractivity contribution in [2.24, 2.45) is 5.73 Å². The summed E-state index contributed by atoms with van der Waals surface area (Å²) >= 11 is 11.6. The van der Waals surface area contributed by atoms with E-state index in [0.29, 0.717) is 17.4 Å². The Balaban J connectivity index is 2.92. The van der Waals surface area contributed by atoms with E-state index in [1.54, 1.807) is 0 Å². The van der Waals surface area contributed by atoms with Gasteiger partial charge in [-0.05, 0) is 23.3 Å². The molecule has 0 unspecified atom stereocenters. The third-order valence-electron chi connectivity index (χ3n) is 1.66. The van der Waals surface area contributed by atoms with E-state index < -0.39 is 0 Å². The number of alkyl halides is 1. The standard InChI is InChI=1S/C10H11Cl2N/c11-7-9-6-8(2-1-5-13)3-4-10(9)12/h1-4,6H,5,7,13H2. The first kappa shape index (κ1) is 10.6. The van der Waals surface area contributed by atoms with Crippen LogP contribution in [0.4, 0.5) is 0 Å². The molecule has 0 amide bonds. The molecule has 0 aliphatic carbocycles. The Labute approximate surface area is 88.1 Å². The average Bonchev–Trinajstić information content (AvgIpc) is 2.16. The van der Waals surface area contributed by atoms with E-state index in [4.69, 9.17) is 28.9 Å². The van der Waals surface area contributed by atoms with E-state index in [9.17, 15) is 0 Å². The van der Waals surface area contributed by atoms with Crippen molar-refractivity contribution in [1.29, 1.82) is 0 Å². The molecule has 2 N–H and O–H groups in total. The Morgan fingerprint density at radius 1 is 1.38 bits per heavy atom. The van der Waals surface area contributed by atoms with Crippen LogP contribution in [0.3, 0.4) is 0 Å². The molecule has 1 aromatic rings. The SMILES string of the molecule is NCC=Cc1ccc(Cl)c(CCl)c1. The molecule has 0 aliphatic heterocycles. The normalized spacial score (nSPS) is 11.0. The number of hydrogen-bond donors (Lipinski definition) is 1. The summed E-state index contributed by atoms with van der Waals surface area (Å²) < 4.78 is 0. The van der Waals surface area contributed by atoms with Gasteiger partial charge in [-0.3, -0.25) is 0 Å². The van der Waals surface area contributed by atoms with Gasteiger partial charge in [-0.2, -0.15) is 0 Å². The lowest BCUT2D eigenvalue weighted by Crippen LogP contribution is -1.92. The van der Waals surface area contributed by atoms with Gasteiger partial charge in [-0.1, -0.05) is 29.8 Å². The van der Waals surface area contributed by atoms with E-state index in [-0.39, 0.29) is 0 Å². The summed E-state index contributed by atoms with van der Waals surface area (Å²) in [5.41, 5.74) is 7.36. The maximum absolute atomic E-state index is 5.90. The van der Waals surface area contributed by atoms with Crippen LogP contribution in [0.2, 0.25) is 5.02 Å². The van der Waals surface area contributed by atoms with E-state index in [2.05, 4.69) is 0 Å². The van der Waals surface area contributed by atoms with Crippen molar-refractivity contribution in [3.63, 3.8) is 0 Å². The predicted octanol–water partition coefficient (Wildman–Crippen LogP) is 3.05. The Morgan fingerprint density at radius 2 is 2.15 bits per heavy atom. The van der Waals surface area contributed by atoms with Crippen LogP contribution in [0.25, 0.3) is 6.08 Å². The summed E-state index contributed by atoms with van der Waals surface area (Å²) in [6, 6.07) is 5.74. The molecule has 0 fully saturated rings. The summed E-state index contributed by atoms with van der Waals surface area (Å²) in [5.74, 6) is 0.434. The molecule has 13 heavy (non-hydrogen) atoms. The largest absolute Gasteiger partial charge is 0.327 e. The highest BCUT2D eigenvalue weighted by molar-refractivity contribution is 6.32. The second kappa shape index (κ2) is 5.28. The summed E-state index contributed by atoms with van der Waals surface area (Å²) in [5, 5.41) is 0.708. The van der Waals surface area contributed by atoms with Crippen LogP contribution in [-0.4, -0.2) is 6.54 Å². The van der Waals surface area contributed by atoms with Crippen LogP contribution in [0.15, 0.2) is 24.3 Å². The lowest BCUT2D eigenvalue weighted by molar-refractivity contribution is 1.26. The van der Waals surface area contributed by atoms with Crippen molar-refractivity contribution in [1.82, 2.24) is 0 Å². The average molecular weight is 216 g/mol. The summed E-state index contributed by atoms with van der Waals surface area (Å²) in [4.78, 5) is 0. The molecule has 0 bridgehead atoms. The molecule has 0 aromatic heterocycles. The van der Waals surface area contributed by atoms with Gasteiger partial charge in [-0.25, -0.2) is 0 Å². The molecule has 0 heterocycles. The van der Waals surface area contributed by atoms with Crippen LogP contribution in [0.5, 0.6) is 0 Å². The first-order valence-electron chi connectivity index (χ1n) is 3.99. The summed E-state index contributed by atoms with van der Waals surface area (Å²) in [6.07, 6.45) is 3.84. The van der Waals surface area contributed by atoms with Crippen molar-refractivity contribution in [3.8, 4) is 0 Å². The maximum Gasteiger partial charge on any atom is 0.0489 e. The lowest BCUT2D eigenvalue weighted by Gasteiger charge is -2.00. The van der Waals surface area contributed by atoms with E-state index in [1.807, 2.05) is 30.4 Å². The van der Waals surface area contributed by atoms with Crippen LogP contribution >= 0.6 is 23.2 Å². The highest BCUT2D eigenvalue weighted by Crippen LogP contribution is 2.19. The number of benzene rings is 1. The van der Waals surface area contributed by atoms with Crippen molar-refractivity contribution in [2.45, 2.75) is 5.88 Å². The van der Waals surface area contributed by atoms with E-state index in [0.717, 1.165) is 11.1 Å². The molecule has 0 radical (unpaired) electrons. The zero-order chi connectivity index (χ0) is 9.68. The van der Waals surface area contributed by atoms with Gasteiger partial charge in [0.25, 0.3) is 0 Å². The van der Waals surface area contributed by atoms with Crippen molar-refractivity contribution >= 4 is 29.3 Å². The minimum absolute atomic E-state index is 0.434. The first-order chi connectivity index (χ1) is 6.27. The van der Waals surface area contributed by atoms with Crippen LogP contribution < -0.4 is 5.73 Å². The van der Waals surface area contributed by atoms with E-state index >= 15 is 0 Å². The van der Waals surface area contributed by atoms with Crippen molar-refractivity contribution in [2.75, 3.05) is 6.54 Å². The zero-order valence-corrected chi connectivity index (χ0v) is 8.65.